The Morgan fingerprint density at radius 1 is 1.21 bits per heavy atom. The van der Waals surface area contributed by atoms with Gasteiger partial charge in [-0.2, -0.15) is 23.1 Å². The highest BCUT2D eigenvalue weighted by Gasteiger charge is 2.27. The molecule has 2 aromatic heterocycles. The van der Waals surface area contributed by atoms with Crippen LogP contribution < -0.4 is 16.0 Å². The van der Waals surface area contributed by atoms with Crippen molar-refractivity contribution in [1.29, 1.82) is 5.41 Å². The van der Waals surface area contributed by atoms with Crippen molar-refractivity contribution in [3.8, 4) is 0 Å². The number of alkyl halides is 3. The van der Waals surface area contributed by atoms with Crippen LogP contribution >= 0.6 is 0 Å². The Morgan fingerprint density at radius 2 is 2.00 bits per heavy atom. The van der Waals surface area contributed by atoms with E-state index in [1.54, 1.807) is 24.4 Å². The summed E-state index contributed by atoms with van der Waals surface area (Å²) in [7, 11) is 0. The molecule has 0 unspecified atom stereocenters. The molecule has 28 heavy (non-hydrogen) atoms. The summed E-state index contributed by atoms with van der Waals surface area (Å²) in [6.45, 7) is 2.79. The van der Waals surface area contributed by atoms with Gasteiger partial charge in [-0.3, -0.25) is 0 Å². The zero-order chi connectivity index (χ0) is 20.3. The van der Waals surface area contributed by atoms with Gasteiger partial charge in [0, 0.05) is 35.4 Å². The van der Waals surface area contributed by atoms with E-state index in [-0.39, 0.29) is 17.8 Å². The lowest BCUT2D eigenvalue weighted by molar-refractivity contribution is -0.115. The Kier molecular flexibility index (Phi) is 5.39. The maximum absolute atomic E-state index is 12.6. The number of hydrogen-bond acceptors (Lipinski definition) is 6. The van der Waals surface area contributed by atoms with Crippen LogP contribution in [0, 0.1) is 5.41 Å². The molecule has 3 aromatic rings. The summed E-state index contributed by atoms with van der Waals surface area (Å²) in [5, 5.41) is 16.6. The molecule has 0 aliphatic rings. The Balaban J connectivity index is 1.88. The highest BCUT2D eigenvalue weighted by Crippen LogP contribution is 2.26. The number of anilines is 4. The minimum atomic E-state index is -4.36. The summed E-state index contributed by atoms with van der Waals surface area (Å²) in [6.07, 6.45) is -1.55. The van der Waals surface area contributed by atoms with Gasteiger partial charge in [-0.25, -0.2) is 0 Å². The third-order valence-corrected chi connectivity index (χ3v) is 3.78. The first-order chi connectivity index (χ1) is 13.2. The van der Waals surface area contributed by atoms with Gasteiger partial charge in [-0.1, -0.05) is 0 Å². The average Bonchev–Trinajstić information content (AvgIpc) is 3.08. The van der Waals surface area contributed by atoms with Gasteiger partial charge in [-0.05, 0) is 38.1 Å². The van der Waals surface area contributed by atoms with Crippen LogP contribution in [0.2, 0.25) is 0 Å². The summed E-state index contributed by atoms with van der Waals surface area (Å²) in [4.78, 5) is 11.3. The second-order valence-electron chi connectivity index (χ2n) is 6.47. The zero-order valence-corrected chi connectivity index (χ0v) is 15.3. The molecule has 0 bridgehead atoms. The van der Waals surface area contributed by atoms with Gasteiger partial charge >= 0.3 is 6.18 Å². The Hall–Kier alpha value is -3.30. The molecule has 0 radical (unpaired) electrons. The van der Waals surface area contributed by atoms with Crippen molar-refractivity contribution in [1.82, 2.24) is 15.0 Å². The third-order valence-electron chi connectivity index (χ3n) is 3.78. The molecule has 0 amide bonds. The molecule has 0 atom stereocenters. The second kappa shape index (κ2) is 7.75. The van der Waals surface area contributed by atoms with E-state index in [1.165, 1.54) is 6.21 Å². The van der Waals surface area contributed by atoms with E-state index < -0.39 is 12.7 Å². The van der Waals surface area contributed by atoms with Gasteiger partial charge in [0.15, 0.2) is 0 Å². The minimum Gasteiger partial charge on any atom is -0.382 e. The number of halogens is 3. The molecule has 0 spiro atoms. The number of benzene rings is 1. The molecule has 1 aromatic carbocycles. The Morgan fingerprint density at radius 3 is 2.68 bits per heavy atom. The number of hydrogen-bond donors (Lipinski definition) is 5. The van der Waals surface area contributed by atoms with Crippen molar-refractivity contribution >= 4 is 40.4 Å². The molecule has 0 aliphatic heterocycles. The second-order valence-corrected chi connectivity index (χ2v) is 6.47. The number of nitrogens with one attached hydrogen (secondary N) is 5. The van der Waals surface area contributed by atoms with Crippen LogP contribution in [0.15, 0.2) is 30.5 Å². The van der Waals surface area contributed by atoms with Crippen molar-refractivity contribution in [3.05, 3.63) is 36.0 Å². The fourth-order valence-electron chi connectivity index (χ4n) is 2.65. The molecule has 0 aliphatic carbocycles. The van der Waals surface area contributed by atoms with Crippen LogP contribution in [0.3, 0.4) is 0 Å². The van der Waals surface area contributed by atoms with Crippen molar-refractivity contribution < 1.29 is 13.2 Å². The lowest BCUT2D eigenvalue weighted by atomic mass is 10.1. The van der Waals surface area contributed by atoms with Gasteiger partial charge in [0.2, 0.25) is 5.95 Å². The first-order valence-corrected chi connectivity index (χ1v) is 8.59. The molecule has 7 nitrogen and oxygen atoms in total. The molecular weight excluding hydrogens is 371 g/mol. The van der Waals surface area contributed by atoms with Crippen molar-refractivity contribution in [3.63, 3.8) is 0 Å². The van der Waals surface area contributed by atoms with Crippen LogP contribution in [0.5, 0.6) is 0 Å². The lowest BCUT2D eigenvalue weighted by Crippen LogP contribution is -2.22. The number of aromatic nitrogens is 3. The van der Waals surface area contributed by atoms with E-state index in [0.717, 1.165) is 5.69 Å². The first kappa shape index (κ1) is 19.5. The molecule has 10 heteroatoms. The average molecular weight is 391 g/mol. The Bertz CT molecular complexity index is 979. The number of fused-ring (bicyclic) bond motifs is 1. The topological polar surface area (TPSA) is 102 Å². The van der Waals surface area contributed by atoms with Crippen molar-refractivity contribution in [2.45, 2.75) is 26.1 Å². The predicted octanol–water partition coefficient (Wildman–Crippen LogP) is 4.49. The molecular formula is C18H20F3N7. The van der Waals surface area contributed by atoms with Crippen LogP contribution in [0.1, 0.15) is 19.4 Å². The van der Waals surface area contributed by atoms with E-state index >= 15 is 0 Å². The minimum absolute atomic E-state index is 0.0800. The summed E-state index contributed by atoms with van der Waals surface area (Å²) >= 11 is 0. The monoisotopic (exact) mass is 391 g/mol. The number of aromatic amines is 1. The van der Waals surface area contributed by atoms with E-state index in [2.05, 4.69) is 30.9 Å². The van der Waals surface area contributed by atoms with Crippen LogP contribution in [0.4, 0.5) is 36.3 Å². The highest BCUT2D eigenvalue weighted by atomic mass is 19.4. The summed E-state index contributed by atoms with van der Waals surface area (Å²) < 4.78 is 37.7. The number of nitrogens with zero attached hydrogens (tertiary/aromatic N) is 2. The van der Waals surface area contributed by atoms with Gasteiger partial charge in [0.05, 0.1) is 5.39 Å². The summed E-state index contributed by atoms with van der Waals surface area (Å²) in [5.74, 6) is 0.219. The van der Waals surface area contributed by atoms with Crippen LogP contribution in [0.25, 0.3) is 11.0 Å². The molecule has 5 N–H and O–H groups in total. The molecule has 148 valence electrons. The first-order valence-electron chi connectivity index (χ1n) is 8.59. The predicted molar refractivity (Wildman–Crippen MR) is 105 cm³/mol. The number of rotatable bonds is 7. The summed E-state index contributed by atoms with van der Waals surface area (Å²) in [6, 6.07) is 7.15. The fraction of sp³-hybridized carbons (Fsp3) is 0.278. The van der Waals surface area contributed by atoms with Crippen molar-refractivity contribution in [2.24, 2.45) is 0 Å². The third kappa shape index (κ3) is 4.70. The van der Waals surface area contributed by atoms with Gasteiger partial charge < -0.3 is 26.3 Å². The largest absolute Gasteiger partial charge is 0.405 e. The zero-order valence-electron chi connectivity index (χ0n) is 15.3. The molecule has 0 saturated heterocycles. The van der Waals surface area contributed by atoms with E-state index in [1.807, 2.05) is 19.9 Å². The van der Waals surface area contributed by atoms with Crippen LogP contribution in [-0.2, 0) is 0 Å². The smallest absolute Gasteiger partial charge is 0.382 e. The molecule has 0 saturated carbocycles. The van der Waals surface area contributed by atoms with Crippen molar-refractivity contribution in [2.75, 3.05) is 22.5 Å². The number of H-pyrrole nitrogens is 1. The molecule has 3 rings (SSSR count). The standard InChI is InChI=1S/C18H20F3N7/c1-10(2)25-14-4-3-12(7-11(14)8-22)26-17-27-15-13(5-6-23-15)16(28-17)24-9-18(19,20)21/h3-8,10,22,25H,9H2,1-2H3,(H3,23,24,26,27,28). The maximum atomic E-state index is 12.6. The van der Waals surface area contributed by atoms with E-state index in [4.69, 9.17) is 5.41 Å². The fourth-order valence-corrected chi connectivity index (χ4v) is 2.65. The summed E-state index contributed by atoms with van der Waals surface area (Å²) in [5.41, 5.74) is 2.49. The Labute approximate surface area is 159 Å². The SMILES string of the molecule is CC(C)Nc1ccc(Nc2nc(NCC(F)(F)F)c3cc[nH]c3n2)cc1C=N. The quantitative estimate of drug-likeness (QED) is 0.382. The van der Waals surface area contributed by atoms with Gasteiger partial charge in [0.25, 0.3) is 0 Å². The van der Waals surface area contributed by atoms with Gasteiger partial charge in [0.1, 0.15) is 18.0 Å². The normalized spacial score (nSPS) is 11.6. The molecule has 2 heterocycles. The highest BCUT2D eigenvalue weighted by molar-refractivity contribution is 5.90. The van der Waals surface area contributed by atoms with Gasteiger partial charge in [-0.15, -0.1) is 0 Å². The maximum Gasteiger partial charge on any atom is 0.405 e. The van der Waals surface area contributed by atoms with Crippen LogP contribution in [-0.4, -0.2) is 39.9 Å². The molecule has 0 fully saturated rings. The lowest BCUT2D eigenvalue weighted by Gasteiger charge is -2.15. The van der Waals surface area contributed by atoms with E-state index in [9.17, 15) is 13.2 Å². The van der Waals surface area contributed by atoms with E-state index in [0.29, 0.717) is 22.3 Å².